The number of rotatable bonds is 6. The first kappa shape index (κ1) is 11.0. The molecule has 0 N–H and O–H groups in total. The second kappa shape index (κ2) is 5.59. The zero-order chi connectivity index (χ0) is 8.74. The zero-order valence-corrected chi connectivity index (χ0v) is 8.42. The number of hydrogen-bond donors (Lipinski definition) is 0. The summed E-state index contributed by atoms with van der Waals surface area (Å²) in [6.07, 6.45) is 1.37. The summed E-state index contributed by atoms with van der Waals surface area (Å²) >= 11 is 0. The Labute approximate surface area is 69.7 Å². The number of hydrogen-bond acceptors (Lipinski definition) is 3. The first-order valence-corrected chi connectivity index (χ1v) is 5.97. The van der Waals surface area contributed by atoms with Crippen LogP contribution in [-0.4, -0.2) is 20.8 Å². The van der Waals surface area contributed by atoms with E-state index >= 15 is 0 Å². The molecule has 0 aromatic rings. The van der Waals surface area contributed by atoms with Crippen molar-refractivity contribution in [2.75, 3.05) is 13.2 Å². The summed E-state index contributed by atoms with van der Waals surface area (Å²) in [5.41, 5.74) is 0. The van der Waals surface area contributed by atoms with Crippen LogP contribution < -0.4 is 0 Å². The molecule has 0 aliphatic heterocycles. The Bertz CT molecular complexity index is 114. The average Bonchev–Trinajstić information content (AvgIpc) is 1.88. The quantitative estimate of drug-likeness (QED) is 0.348. The van der Waals surface area contributed by atoms with Crippen molar-refractivity contribution in [1.82, 2.24) is 0 Å². The van der Waals surface area contributed by atoms with Crippen LogP contribution in [0.1, 0.15) is 13.8 Å². The normalized spacial score (nSPS) is 12.5. The van der Waals surface area contributed by atoms with Gasteiger partial charge in [-0.25, -0.2) is 0 Å². The molecule has 0 unspecified atom stereocenters. The molecule has 0 aromatic heterocycles. The van der Waals surface area contributed by atoms with E-state index in [2.05, 4.69) is 6.58 Å². The Kier molecular flexibility index (Phi) is 5.56. The van der Waals surface area contributed by atoms with Crippen LogP contribution in [0.5, 0.6) is 0 Å². The first-order valence-electron chi connectivity index (χ1n) is 3.75. The Morgan fingerprint density at radius 1 is 1.36 bits per heavy atom. The van der Waals surface area contributed by atoms with Crippen LogP contribution in [-0.2, 0) is 13.6 Å². The molecular formula is C6H16BO3P. The van der Waals surface area contributed by atoms with Crippen molar-refractivity contribution in [1.29, 1.82) is 0 Å². The van der Waals surface area contributed by atoms with Gasteiger partial charge in [-0.05, 0) is 0 Å². The summed E-state index contributed by atoms with van der Waals surface area (Å²) in [6.45, 7) is 8.50. The van der Waals surface area contributed by atoms with Crippen molar-refractivity contribution in [3.63, 3.8) is 0 Å². The maximum absolute atomic E-state index is 5.33. The Morgan fingerprint density at radius 3 is 2.09 bits per heavy atom. The molecule has 0 aliphatic carbocycles. The second-order valence-electron chi connectivity index (χ2n) is 2.01. The predicted molar refractivity (Wildman–Crippen MR) is 51.4 cm³/mol. The van der Waals surface area contributed by atoms with Crippen molar-refractivity contribution >= 4 is 15.4 Å². The van der Waals surface area contributed by atoms with E-state index in [1.807, 2.05) is 21.4 Å². The van der Waals surface area contributed by atoms with E-state index in [4.69, 9.17) is 13.6 Å². The van der Waals surface area contributed by atoms with Crippen LogP contribution in [0, 0.1) is 0 Å². The van der Waals surface area contributed by atoms with Gasteiger partial charge in [0.15, 0.2) is 0 Å². The Hall–Kier alpha value is -0.0451. The molecule has 0 aliphatic rings. The van der Waals surface area contributed by atoms with E-state index < -0.39 is 7.82 Å². The van der Waals surface area contributed by atoms with Crippen molar-refractivity contribution in [2.45, 2.75) is 13.8 Å². The van der Waals surface area contributed by atoms with Gasteiger partial charge in [-0.1, -0.05) is 0 Å². The molecule has 66 valence electrons. The summed E-state index contributed by atoms with van der Waals surface area (Å²) in [5.74, 6) is 0. The third-order valence-electron chi connectivity index (χ3n) is 1.11. The van der Waals surface area contributed by atoms with Crippen molar-refractivity contribution in [3.8, 4) is 0 Å². The summed E-state index contributed by atoms with van der Waals surface area (Å²) in [6, 6.07) is 0. The third-order valence-corrected chi connectivity index (χ3v) is 3.33. The summed E-state index contributed by atoms with van der Waals surface area (Å²) in [4.78, 5) is 0. The summed E-state index contributed by atoms with van der Waals surface area (Å²) in [7, 11) is -0.519. The van der Waals surface area contributed by atoms with Gasteiger partial charge < -0.3 is 0 Å². The molecule has 0 spiro atoms. The topological polar surface area (TPSA) is 27.7 Å². The van der Waals surface area contributed by atoms with Crippen molar-refractivity contribution in [2.24, 2.45) is 0 Å². The minimum atomic E-state index is -2.37. The molecule has 0 atom stereocenters. The first-order chi connectivity index (χ1) is 5.18. The molecule has 0 fully saturated rings. The van der Waals surface area contributed by atoms with Crippen LogP contribution in [0.25, 0.3) is 0 Å². The van der Waals surface area contributed by atoms with E-state index in [-0.39, 0.29) is 0 Å². The zero-order valence-electron chi connectivity index (χ0n) is 7.42. The molecule has 5 heteroatoms. The molecule has 0 rings (SSSR count). The molecule has 3 nitrogen and oxygen atoms in total. The predicted octanol–water partition coefficient (Wildman–Crippen LogP) is 1.26. The van der Waals surface area contributed by atoms with E-state index in [0.717, 1.165) is 0 Å². The average molecular weight is 178 g/mol. The van der Waals surface area contributed by atoms with Crippen LogP contribution >= 0.6 is 7.82 Å². The van der Waals surface area contributed by atoms with Gasteiger partial charge in [-0.2, -0.15) is 0 Å². The van der Waals surface area contributed by atoms with Gasteiger partial charge >= 0.3 is 68.9 Å². The van der Waals surface area contributed by atoms with Gasteiger partial charge in [0, 0.05) is 0 Å². The molecule has 11 heavy (non-hydrogen) atoms. The Balaban J connectivity index is 3.88. The molecule has 0 saturated carbocycles. The fourth-order valence-corrected chi connectivity index (χ4v) is 2.36. The molecule has 0 amide bonds. The fraction of sp³-hybridized carbons (Fsp3) is 0.667. The molecule has 0 radical (unpaired) electrons. The standard InChI is InChI=1S/C6H16BO3P/c1-4-8-11(7,9-5-2)10-6-3/h4,11H,1,5-7H2,2-3H3. The van der Waals surface area contributed by atoms with Gasteiger partial charge in [0.1, 0.15) is 0 Å². The Morgan fingerprint density at radius 2 is 1.82 bits per heavy atom. The van der Waals surface area contributed by atoms with Crippen LogP contribution in [0.3, 0.4) is 0 Å². The SMILES string of the molecule is B[PH](OC=C)(OCC)OCC. The van der Waals surface area contributed by atoms with Crippen LogP contribution in [0.15, 0.2) is 12.8 Å². The van der Waals surface area contributed by atoms with E-state index in [0.29, 0.717) is 13.2 Å². The third kappa shape index (κ3) is 4.41. The van der Waals surface area contributed by atoms with Gasteiger partial charge in [0.25, 0.3) is 0 Å². The molecular weight excluding hydrogens is 162 g/mol. The second-order valence-corrected chi connectivity index (χ2v) is 4.55. The van der Waals surface area contributed by atoms with E-state index in [1.54, 1.807) is 0 Å². The van der Waals surface area contributed by atoms with Gasteiger partial charge in [0.2, 0.25) is 0 Å². The molecule has 0 heterocycles. The van der Waals surface area contributed by atoms with E-state index in [9.17, 15) is 0 Å². The fourth-order valence-electron chi connectivity index (χ4n) is 0.785. The summed E-state index contributed by atoms with van der Waals surface area (Å²) < 4.78 is 15.8. The van der Waals surface area contributed by atoms with E-state index in [1.165, 1.54) is 6.26 Å². The van der Waals surface area contributed by atoms with Crippen molar-refractivity contribution in [3.05, 3.63) is 12.8 Å². The minimum absolute atomic E-state index is 0.608. The monoisotopic (exact) mass is 178 g/mol. The van der Waals surface area contributed by atoms with Gasteiger partial charge in [0.05, 0.1) is 0 Å². The molecule has 0 bridgehead atoms. The van der Waals surface area contributed by atoms with Gasteiger partial charge in [-0.3, -0.25) is 0 Å². The van der Waals surface area contributed by atoms with Crippen LogP contribution in [0.4, 0.5) is 0 Å². The van der Waals surface area contributed by atoms with Crippen molar-refractivity contribution < 1.29 is 13.6 Å². The van der Waals surface area contributed by atoms with Crippen LogP contribution in [0.2, 0.25) is 0 Å². The summed E-state index contributed by atoms with van der Waals surface area (Å²) in [5, 5.41) is 0. The van der Waals surface area contributed by atoms with Gasteiger partial charge in [-0.15, -0.1) is 0 Å². The molecule has 0 aromatic carbocycles. The molecule has 0 saturated heterocycles. The maximum atomic E-state index is 5.33.